The molecule has 0 radical (unpaired) electrons. The normalized spacial score (nSPS) is 25.8. The molecule has 0 aliphatic carbocycles. The Hall–Kier alpha value is -1.13. The van der Waals surface area contributed by atoms with E-state index in [1.165, 1.54) is 11.3 Å². The Labute approximate surface area is 96.4 Å². The standard InChI is InChI=1S/C12H19N3O/c1-9-6-14-4-3-12(9)15-7-11(5-13)16-8-10(15)2/h3-4,6,10-11H,5,7-8,13H2,1-2H3. The van der Waals surface area contributed by atoms with E-state index in [0.29, 0.717) is 12.6 Å². The highest BCUT2D eigenvalue weighted by atomic mass is 16.5. The third kappa shape index (κ3) is 2.18. The summed E-state index contributed by atoms with van der Waals surface area (Å²) < 4.78 is 5.65. The third-order valence-corrected chi connectivity index (χ3v) is 3.07. The van der Waals surface area contributed by atoms with Gasteiger partial charge < -0.3 is 15.4 Å². The predicted octanol–water partition coefficient (Wildman–Crippen LogP) is 0.942. The first-order valence-electron chi connectivity index (χ1n) is 5.71. The van der Waals surface area contributed by atoms with Gasteiger partial charge >= 0.3 is 0 Å². The highest BCUT2D eigenvalue weighted by Gasteiger charge is 2.26. The molecule has 1 aromatic rings. The van der Waals surface area contributed by atoms with Crippen LogP contribution in [0.3, 0.4) is 0 Å². The van der Waals surface area contributed by atoms with Gasteiger partial charge in [-0.3, -0.25) is 4.98 Å². The molecule has 2 heterocycles. The summed E-state index contributed by atoms with van der Waals surface area (Å²) in [6.45, 7) is 6.44. The Morgan fingerprint density at radius 3 is 3.12 bits per heavy atom. The maximum Gasteiger partial charge on any atom is 0.0872 e. The zero-order chi connectivity index (χ0) is 11.5. The molecular weight excluding hydrogens is 202 g/mol. The molecule has 0 saturated carbocycles. The number of hydrogen-bond acceptors (Lipinski definition) is 4. The molecule has 4 heteroatoms. The van der Waals surface area contributed by atoms with Crippen LogP contribution in [0.25, 0.3) is 0 Å². The highest BCUT2D eigenvalue weighted by Crippen LogP contribution is 2.24. The summed E-state index contributed by atoms with van der Waals surface area (Å²) >= 11 is 0. The lowest BCUT2D eigenvalue weighted by Gasteiger charge is -2.39. The van der Waals surface area contributed by atoms with Gasteiger partial charge in [0.1, 0.15) is 0 Å². The van der Waals surface area contributed by atoms with E-state index in [0.717, 1.165) is 13.2 Å². The van der Waals surface area contributed by atoms with Gasteiger partial charge in [0.15, 0.2) is 0 Å². The first-order chi connectivity index (χ1) is 7.72. The average molecular weight is 221 g/mol. The SMILES string of the molecule is Cc1cnccc1N1CC(CN)OCC1C. The van der Waals surface area contributed by atoms with Crippen LogP contribution in [-0.4, -0.2) is 36.8 Å². The second-order valence-corrected chi connectivity index (χ2v) is 4.35. The molecule has 2 N–H and O–H groups in total. The fourth-order valence-electron chi connectivity index (χ4n) is 2.08. The van der Waals surface area contributed by atoms with E-state index in [2.05, 4.69) is 29.8 Å². The number of hydrogen-bond donors (Lipinski definition) is 1. The van der Waals surface area contributed by atoms with E-state index < -0.39 is 0 Å². The minimum atomic E-state index is 0.142. The molecule has 2 unspecified atom stereocenters. The molecule has 0 spiro atoms. The van der Waals surface area contributed by atoms with Gasteiger partial charge in [-0.15, -0.1) is 0 Å². The van der Waals surface area contributed by atoms with Crippen molar-refractivity contribution in [2.24, 2.45) is 5.73 Å². The van der Waals surface area contributed by atoms with Crippen LogP contribution in [0.5, 0.6) is 0 Å². The van der Waals surface area contributed by atoms with Gasteiger partial charge in [0, 0.05) is 37.2 Å². The van der Waals surface area contributed by atoms with Crippen LogP contribution in [0.15, 0.2) is 18.5 Å². The fraction of sp³-hybridized carbons (Fsp3) is 0.583. The van der Waals surface area contributed by atoms with Crippen molar-refractivity contribution >= 4 is 5.69 Å². The first-order valence-corrected chi connectivity index (χ1v) is 5.71. The van der Waals surface area contributed by atoms with Crippen molar-refractivity contribution in [3.63, 3.8) is 0 Å². The van der Waals surface area contributed by atoms with Crippen molar-refractivity contribution < 1.29 is 4.74 Å². The van der Waals surface area contributed by atoms with Crippen LogP contribution in [0.2, 0.25) is 0 Å². The maximum atomic E-state index is 5.66. The van der Waals surface area contributed by atoms with E-state index in [9.17, 15) is 0 Å². The van der Waals surface area contributed by atoms with Gasteiger partial charge in [-0.2, -0.15) is 0 Å². The summed E-state index contributed by atoms with van der Waals surface area (Å²) in [7, 11) is 0. The Bertz CT molecular complexity index is 356. The molecular formula is C12H19N3O. The van der Waals surface area contributed by atoms with E-state index in [-0.39, 0.29) is 6.10 Å². The van der Waals surface area contributed by atoms with Crippen molar-refractivity contribution in [3.8, 4) is 0 Å². The van der Waals surface area contributed by atoms with Crippen molar-refractivity contribution in [1.82, 2.24) is 4.98 Å². The molecule has 0 bridgehead atoms. The minimum Gasteiger partial charge on any atom is -0.373 e. The molecule has 16 heavy (non-hydrogen) atoms. The first kappa shape index (κ1) is 11.4. The smallest absolute Gasteiger partial charge is 0.0872 e. The fourth-order valence-corrected chi connectivity index (χ4v) is 2.08. The summed E-state index contributed by atoms with van der Waals surface area (Å²) in [6.07, 6.45) is 3.88. The van der Waals surface area contributed by atoms with E-state index in [4.69, 9.17) is 10.5 Å². The van der Waals surface area contributed by atoms with Crippen LogP contribution in [0.4, 0.5) is 5.69 Å². The number of nitrogens with zero attached hydrogens (tertiary/aromatic N) is 2. The quantitative estimate of drug-likeness (QED) is 0.807. The maximum absolute atomic E-state index is 5.66. The highest BCUT2D eigenvalue weighted by molar-refractivity contribution is 5.52. The zero-order valence-corrected chi connectivity index (χ0v) is 9.89. The number of anilines is 1. The Morgan fingerprint density at radius 1 is 1.62 bits per heavy atom. The lowest BCUT2D eigenvalue weighted by Crippen LogP contribution is -2.51. The number of rotatable bonds is 2. The number of nitrogens with two attached hydrogens (primary N) is 1. The van der Waals surface area contributed by atoms with Crippen LogP contribution >= 0.6 is 0 Å². The van der Waals surface area contributed by atoms with Gasteiger partial charge in [0.25, 0.3) is 0 Å². The Balaban J connectivity index is 2.21. The van der Waals surface area contributed by atoms with Crippen LogP contribution in [-0.2, 0) is 4.74 Å². The summed E-state index contributed by atoms with van der Waals surface area (Å²) in [5.74, 6) is 0. The van der Waals surface area contributed by atoms with Crippen molar-refractivity contribution in [3.05, 3.63) is 24.0 Å². The Kier molecular flexibility index (Phi) is 3.41. The van der Waals surface area contributed by atoms with Gasteiger partial charge in [0.2, 0.25) is 0 Å². The molecule has 2 atom stereocenters. The second kappa shape index (κ2) is 4.80. The molecule has 2 rings (SSSR count). The molecule has 1 saturated heterocycles. The monoisotopic (exact) mass is 221 g/mol. The molecule has 4 nitrogen and oxygen atoms in total. The van der Waals surface area contributed by atoms with Crippen LogP contribution in [0, 0.1) is 6.92 Å². The molecule has 0 amide bonds. The van der Waals surface area contributed by atoms with Crippen LogP contribution < -0.4 is 10.6 Å². The van der Waals surface area contributed by atoms with Gasteiger partial charge in [-0.1, -0.05) is 0 Å². The van der Waals surface area contributed by atoms with E-state index >= 15 is 0 Å². The summed E-state index contributed by atoms with van der Waals surface area (Å²) in [4.78, 5) is 6.48. The molecule has 1 fully saturated rings. The number of ether oxygens (including phenoxy) is 1. The van der Waals surface area contributed by atoms with Crippen molar-refractivity contribution in [2.75, 3.05) is 24.6 Å². The molecule has 1 aliphatic heterocycles. The largest absolute Gasteiger partial charge is 0.373 e. The number of aryl methyl sites for hydroxylation is 1. The number of pyridine rings is 1. The minimum absolute atomic E-state index is 0.142. The number of aromatic nitrogens is 1. The van der Waals surface area contributed by atoms with Gasteiger partial charge in [-0.25, -0.2) is 0 Å². The summed E-state index contributed by atoms with van der Waals surface area (Å²) in [5.41, 5.74) is 8.10. The predicted molar refractivity (Wildman–Crippen MR) is 64.6 cm³/mol. The summed E-state index contributed by atoms with van der Waals surface area (Å²) in [5, 5.41) is 0. The molecule has 0 aromatic carbocycles. The van der Waals surface area contributed by atoms with Crippen molar-refractivity contribution in [2.45, 2.75) is 26.0 Å². The van der Waals surface area contributed by atoms with E-state index in [1.54, 1.807) is 0 Å². The average Bonchev–Trinajstić information content (AvgIpc) is 2.31. The van der Waals surface area contributed by atoms with Crippen LogP contribution in [0.1, 0.15) is 12.5 Å². The zero-order valence-electron chi connectivity index (χ0n) is 9.89. The molecule has 1 aliphatic rings. The van der Waals surface area contributed by atoms with Gasteiger partial charge in [-0.05, 0) is 25.5 Å². The second-order valence-electron chi connectivity index (χ2n) is 4.35. The summed E-state index contributed by atoms with van der Waals surface area (Å²) in [6, 6.07) is 2.45. The Morgan fingerprint density at radius 2 is 2.44 bits per heavy atom. The van der Waals surface area contributed by atoms with Crippen molar-refractivity contribution in [1.29, 1.82) is 0 Å². The number of morpholine rings is 1. The lowest BCUT2D eigenvalue weighted by molar-refractivity contribution is 0.0283. The van der Waals surface area contributed by atoms with Gasteiger partial charge in [0.05, 0.1) is 12.7 Å². The molecule has 88 valence electrons. The third-order valence-electron chi connectivity index (χ3n) is 3.07. The molecule has 1 aromatic heterocycles. The topological polar surface area (TPSA) is 51.4 Å². The lowest BCUT2D eigenvalue weighted by atomic mass is 10.1. The van der Waals surface area contributed by atoms with E-state index in [1.807, 2.05) is 12.4 Å².